The van der Waals surface area contributed by atoms with E-state index in [1.54, 1.807) is 0 Å². The number of rotatable bonds is 4. The summed E-state index contributed by atoms with van der Waals surface area (Å²) in [7, 11) is -10.8. The summed E-state index contributed by atoms with van der Waals surface area (Å²) in [5, 5.41) is 14.7. The minimum absolute atomic E-state index is 0. The third-order valence-electron chi connectivity index (χ3n) is 0.333. The molecule has 14 nitrogen and oxygen atoms in total. The summed E-state index contributed by atoms with van der Waals surface area (Å²) in [6.07, 6.45) is 0. The van der Waals surface area contributed by atoms with E-state index in [1.165, 1.54) is 0 Å². The van der Waals surface area contributed by atoms with Crippen molar-refractivity contribution in [1.82, 2.24) is 0 Å². The smallest absolute Gasteiger partial charge is 0.791 e. The molecule has 0 aliphatic rings. The van der Waals surface area contributed by atoms with Crippen molar-refractivity contribution in [3.8, 4) is 0 Å². The van der Waals surface area contributed by atoms with Gasteiger partial charge in [0.15, 0.2) is 0 Å². The predicted octanol–water partition coefficient (Wildman–Crippen LogP) is -3.87. The molecule has 0 aromatic carbocycles. The number of phosphoric acid groups is 2. The molecule has 0 saturated heterocycles. The van der Waals surface area contributed by atoms with Crippen LogP contribution in [0.4, 0.5) is 0 Å². The van der Waals surface area contributed by atoms with Crippen LogP contribution in [-0.2, 0) is 18.4 Å². The second-order valence-electron chi connectivity index (χ2n) is 1.50. The van der Waals surface area contributed by atoms with E-state index in [-0.39, 0.29) is 7.43 Å². The van der Waals surface area contributed by atoms with E-state index >= 15 is 0 Å². The van der Waals surface area contributed by atoms with Crippen LogP contribution in [0.2, 0.25) is 0 Å². The molecule has 0 N–H and O–H groups in total. The topological polar surface area (TPSA) is 231 Å². The van der Waals surface area contributed by atoms with Gasteiger partial charge in [0.05, 0.1) is 0 Å². The summed E-state index contributed by atoms with van der Waals surface area (Å²) in [4.78, 5) is 55.1. The Kier molecular flexibility index (Phi) is 9.76. The number of hydrogen-bond acceptors (Lipinski definition) is 12. The third-order valence-corrected chi connectivity index (χ3v) is 1.00. The van der Waals surface area contributed by atoms with Crippen molar-refractivity contribution in [1.29, 1.82) is 0 Å². The van der Waals surface area contributed by atoms with Gasteiger partial charge in [0.2, 0.25) is 0 Å². The molecular formula is CN2O12P2. The molecule has 0 heterocycles. The van der Waals surface area contributed by atoms with Crippen LogP contribution >= 0.6 is 15.6 Å². The van der Waals surface area contributed by atoms with E-state index in [0.29, 0.717) is 0 Å². The van der Waals surface area contributed by atoms with E-state index in [2.05, 4.69) is 9.25 Å². The van der Waals surface area contributed by atoms with Gasteiger partial charge in [-0.2, -0.15) is 0 Å². The Balaban J connectivity index is -0.000000218. The van der Waals surface area contributed by atoms with Crippen molar-refractivity contribution < 1.29 is 48.1 Å². The van der Waals surface area contributed by atoms with Crippen molar-refractivity contribution in [2.45, 2.75) is 0 Å². The predicted molar refractivity (Wildman–Crippen MR) is 34.6 cm³/mol. The van der Waals surface area contributed by atoms with Crippen LogP contribution in [0.15, 0.2) is 0 Å². The maximum absolute atomic E-state index is 9.25. The van der Waals surface area contributed by atoms with Gasteiger partial charge < -0.3 is 28.7 Å². The zero-order valence-corrected chi connectivity index (χ0v) is 8.98. The first-order valence-corrected chi connectivity index (χ1v) is 5.48. The second kappa shape index (κ2) is 7.89. The Bertz CT molecular complexity index is 302. The van der Waals surface area contributed by atoms with Gasteiger partial charge in [-0.05, 0) is 0 Å². The van der Waals surface area contributed by atoms with E-state index in [9.17, 15) is 28.7 Å². The summed E-state index contributed by atoms with van der Waals surface area (Å²) >= 11 is 0. The van der Waals surface area contributed by atoms with Crippen LogP contribution in [0, 0.1) is 27.7 Å². The fraction of sp³-hybridized carbons (Fsp3) is 0. The van der Waals surface area contributed by atoms with Crippen molar-refractivity contribution in [2.75, 3.05) is 0 Å². The Morgan fingerprint density at radius 1 is 0.765 bits per heavy atom. The molecule has 16 heteroatoms. The maximum atomic E-state index is 9.25. The molecule has 0 saturated carbocycles. The molecule has 0 aromatic rings. The number of nitrogens with zero attached hydrogens (tertiary/aromatic N) is 2. The van der Waals surface area contributed by atoms with Gasteiger partial charge in [-0.25, -0.2) is 0 Å². The van der Waals surface area contributed by atoms with E-state index in [4.69, 9.17) is 20.2 Å². The third kappa shape index (κ3) is 31.3. The van der Waals surface area contributed by atoms with Crippen LogP contribution in [0.1, 0.15) is 0 Å². The molecule has 0 atom stereocenters. The first kappa shape index (κ1) is 21.0. The Morgan fingerprint density at radius 3 is 0.941 bits per heavy atom. The second-order valence-corrected chi connectivity index (χ2v) is 3.62. The molecule has 0 amide bonds. The fourth-order valence-corrected chi connectivity index (χ4v) is 0.490. The average molecular weight is 294 g/mol. The molecule has 96 valence electrons. The minimum Gasteiger partial charge on any atom is -0.791 e. The Labute approximate surface area is 92.5 Å². The quantitative estimate of drug-likeness (QED) is 0.275. The molecule has 0 aliphatic heterocycles. The van der Waals surface area contributed by atoms with Gasteiger partial charge in [-0.15, -0.1) is 20.2 Å². The van der Waals surface area contributed by atoms with Gasteiger partial charge >= 0.3 is 7.43 Å². The summed E-state index contributed by atoms with van der Waals surface area (Å²) in [5.74, 6) is 0. The Hall–Kier alpha value is -1.30. The van der Waals surface area contributed by atoms with Gasteiger partial charge in [0.1, 0.15) is 15.6 Å². The molecular weight excluding hydrogens is 294 g/mol. The molecule has 0 spiro atoms. The van der Waals surface area contributed by atoms with Crippen LogP contribution in [-0.4, -0.2) is 10.2 Å². The largest absolute Gasteiger partial charge is 4.00 e. The molecule has 0 fully saturated rings. The van der Waals surface area contributed by atoms with Crippen LogP contribution in [0.3, 0.4) is 0 Å². The fourth-order valence-electron chi connectivity index (χ4n) is 0.163. The van der Waals surface area contributed by atoms with Crippen molar-refractivity contribution in [2.24, 2.45) is 0 Å². The summed E-state index contributed by atoms with van der Waals surface area (Å²) in [5.41, 5.74) is 0. The van der Waals surface area contributed by atoms with Gasteiger partial charge in [0, 0.05) is 0 Å². The Morgan fingerprint density at radius 2 is 0.941 bits per heavy atom. The molecule has 0 aromatic heterocycles. The zero-order valence-electron chi connectivity index (χ0n) is 7.19. The van der Waals surface area contributed by atoms with Crippen molar-refractivity contribution >= 4 is 15.6 Å². The first-order valence-electron chi connectivity index (χ1n) is 2.56. The first-order chi connectivity index (χ1) is 6.83. The molecule has 0 unspecified atom stereocenters. The van der Waals surface area contributed by atoms with Gasteiger partial charge in [-0.1, -0.05) is 0 Å². The normalized spacial score (nSPS) is 10.1. The minimum atomic E-state index is -5.42. The number of hydrogen-bond donors (Lipinski definition) is 0. The molecule has 17 heavy (non-hydrogen) atoms. The van der Waals surface area contributed by atoms with Gasteiger partial charge in [0.25, 0.3) is 10.2 Å². The monoisotopic (exact) mass is 294 g/mol. The summed E-state index contributed by atoms with van der Waals surface area (Å²) < 4.78 is 23.7. The van der Waals surface area contributed by atoms with Crippen LogP contribution in [0.5, 0.6) is 0 Å². The average Bonchev–Trinajstić information content (AvgIpc) is 1.72. The van der Waals surface area contributed by atoms with Crippen molar-refractivity contribution in [3.05, 3.63) is 27.7 Å². The summed E-state index contributed by atoms with van der Waals surface area (Å²) in [6, 6.07) is 0. The summed E-state index contributed by atoms with van der Waals surface area (Å²) in [6.45, 7) is 0. The van der Waals surface area contributed by atoms with Crippen molar-refractivity contribution in [3.63, 3.8) is 0 Å². The SMILES string of the molecule is O=[N+]([O-])OP(=O)([O-])[O-].O=[N+]([O-])OP(=O)([O-])[O-].[C+4]. The molecule has 0 radical (unpaired) electrons. The maximum Gasteiger partial charge on any atom is 4.00 e. The molecule has 0 rings (SSSR count). The van der Waals surface area contributed by atoms with E-state index < -0.39 is 25.8 Å². The molecule has 0 bridgehead atoms. The van der Waals surface area contributed by atoms with E-state index in [1.807, 2.05) is 0 Å². The van der Waals surface area contributed by atoms with Gasteiger partial charge in [-0.3, -0.25) is 9.25 Å². The molecule has 0 aliphatic carbocycles. The van der Waals surface area contributed by atoms with E-state index in [0.717, 1.165) is 0 Å². The van der Waals surface area contributed by atoms with Crippen LogP contribution in [0.25, 0.3) is 0 Å². The zero-order chi connectivity index (χ0) is 13.6. The standard InChI is InChI=1S/C.2H2NO6P/c;2*2-1(3)7-8(4,5)6/h;2*(H2,4,5,6)/q+4;;/p-4. The van der Waals surface area contributed by atoms with Crippen LogP contribution < -0.4 is 19.6 Å².